The van der Waals surface area contributed by atoms with Gasteiger partial charge in [0.1, 0.15) is 0 Å². The maximum atomic E-state index is 2.89. The van der Waals surface area contributed by atoms with E-state index in [1.165, 1.54) is 0 Å². The number of hydrogen-bond donors (Lipinski definition) is 1. The average molecular weight is 123 g/mol. The Morgan fingerprint density at radius 2 is 1.67 bits per heavy atom. The van der Waals surface area contributed by atoms with Crippen LogP contribution in [0.2, 0.25) is 0 Å². The van der Waals surface area contributed by atoms with Crippen LogP contribution in [0.5, 0.6) is 0 Å². The minimum absolute atomic E-state index is 1.88. The van der Waals surface area contributed by atoms with Crippen molar-refractivity contribution in [2.24, 2.45) is 0 Å². The largest absolute Gasteiger partial charge is 0.394 e. The summed E-state index contributed by atoms with van der Waals surface area (Å²) in [5.41, 5.74) is 0. The molecule has 0 aromatic rings. The third kappa shape index (κ3) is 7.02. The molecule has 0 aromatic heterocycles. The quantitative estimate of drug-likeness (QED) is 0.565. The molecule has 9 heavy (non-hydrogen) atoms. The lowest BCUT2D eigenvalue weighted by molar-refractivity contribution is 1.10. The SMILES string of the molecule is C\C=C/C=C\C=C\NC. The molecule has 0 rings (SSSR count). The zero-order valence-corrected chi connectivity index (χ0v) is 5.96. The van der Waals surface area contributed by atoms with Crippen LogP contribution in [0.1, 0.15) is 6.92 Å². The molecule has 0 bridgehead atoms. The molecular weight excluding hydrogens is 110 g/mol. The molecule has 1 N–H and O–H groups in total. The van der Waals surface area contributed by atoms with Gasteiger partial charge in [-0.25, -0.2) is 0 Å². The van der Waals surface area contributed by atoms with Gasteiger partial charge in [0.05, 0.1) is 0 Å². The monoisotopic (exact) mass is 123 g/mol. The summed E-state index contributed by atoms with van der Waals surface area (Å²) < 4.78 is 0. The van der Waals surface area contributed by atoms with Crippen LogP contribution in [-0.4, -0.2) is 7.05 Å². The van der Waals surface area contributed by atoms with Crippen LogP contribution in [0.25, 0.3) is 0 Å². The Morgan fingerprint density at radius 1 is 1.00 bits per heavy atom. The molecule has 0 aromatic carbocycles. The Hall–Kier alpha value is -0.980. The summed E-state index contributed by atoms with van der Waals surface area (Å²) in [5, 5.41) is 2.89. The number of rotatable bonds is 3. The van der Waals surface area contributed by atoms with Gasteiger partial charge in [0.25, 0.3) is 0 Å². The minimum atomic E-state index is 1.88. The van der Waals surface area contributed by atoms with E-state index in [-0.39, 0.29) is 0 Å². The second-order valence-electron chi connectivity index (χ2n) is 1.56. The Balaban J connectivity index is 3.35. The topological polar surface area (TPSA) is 12.0 Å². The van der Waals surface area contributed by atoms with Gasteiger partial charge in [-0.1, -0.05) is 24.3 Å². The zero-order valence-electron chi connectivity index (χ0n) is 5.96. The Bertz CT molecular complexity index is 121. The van der Waals surface area contributed by atoms with Gasteiger partial charge in [0.2, 0.25) is 0 Å². The first-order valence-electron chi connectivity index (χ1n) is 3.03. The first-order chi connectivity index (χ1) is 4.41. The van der Waals surface area contributed by atoms with E-state index in [1.54, 1.807) is 0 Å². The van der Waals surface area contributed by atoms with Gasteiger partial charge in [-0.3, -0.25) is 0 Å². The summed E-state index contributed by atoms with van der Waals surface area (Å²) in [6.45, 7) is 1.99. The first-order valence-corrected chi connectivity index (χ1v) is 3.03. The van der Waals surface area contributed by atoms with Gasteiger partial charge in [-0.2, -0.15) is 0 Å². The molecule has 0 saturated carbocycles. The minimum Gasteiger partial charge on any atom is -0.394 e. The van der Waals surface area contributed by atoms with Crippen molar-refractivity contribution < 1.29 is 0 Å². The van der Waals surface area contributed by atoms with Crippen molar-refractivity contribution in [3.8, 4) is 0 Å². The molecule has 0 atom stereocenters. The highest BCUT2D eigenvalue weighted by molar-refractivity contribution is 5.09. The molecule has 1 heteroatoms. The summed E-state index contributed by atoms with van der Waals surface area (Å²) in [5.74, 6) is 0. The average Bonchev–Trinajstić information content (AvgIpc) is 1.89. The molecule has 0 aliphatic heterocycles. The van der Waals surface area contributed by atoms with E-state index in [9.17, 15) is 0 Å². The smallest absolute Gasteiger partial charge is 0.00277 e. The number of nitrogens with one attached hydrogen (secondary N) is 1. The van der Waals surface area contributed by atoms with E-state index in [4.69, 9.17) is 0 Å². The van der Waals surface area contributed by atoms with Crippen molar-refractivity contribution in [1.29, 1.82) is 0 Å². The molecule has 0 unspecified atom stereocenters. The van der Waals surface area contributed by atoms with Crippen LogP contribution < -0.4 is 5.32 Å². The molecular formula is C8H13N. The number of allylic oxidation sites excluding steroid dienone is 5. The lowest BCUT2D eigenvalue weighted by Gasteiger charge is -1.78. The maximum Gasteiger partial charge on any atom is 0.00277 e. The molecule has 0 amide bonds. The normalized spacial score (nSPS) is 12.2. The van der Waals surface area contributed by atoms with Crippen molar-refractivity contribution in [1.82, 2.24) is 5.32 Å². The van der Waals surface area contributed by atoms with Crippen LogP contribution in [0.15, 0.2) is 36.6 Å². The fraction of sp³-hybridized carbons (Fsp3) is 0.250. The molecule has 50 valence electrons. The fourth-order valence-electron chi connectivity index (χ4n) is 0.391. The summed E-state index contributed by atoms with van der Waals surface area (Å²) >= 11 is 0. The van der Waals surface area contributed by atoms with E-state index in [2.05, 4.69) is 5.32 Å². The molecule has 0 radical (unpaired) electrons. The summed E-state index contributed by atoms with van der Waals surface area (Å²) in [7, 11) is 1.88. The third-order valence-electron chi connectivity index (χ3n) is 0.789. The van der Waals surface area contributed by atoms with Crippen molar-refractivity contribution in [2.75, 3.05) is 7.05 Å². The highest BCUT2D eigenvalue weighted by Gasteiger charge is 1.58. The van der Waals surface area contributed by atoms with Crippen molar-refractivity contribution >= 4 is 0 Å². The lowest BCUT2D eigenvalue weighted by atomic mass is 10.4. The molecule has 1 nitrogen and oxygen atoms in total. The molecule has 0 aliphatic rings. The number of hydrogen-bond acceptors (Lipinski definition) is 1. The van der Waals surface area contributed by atoms with Crippen molar-refractivity contribution in [2.45, 2.75) is 6.92 Å². The van der Waals surface area contributed by atoms with E-state index < -0.39 is 0 Å². The molecule has 0 fully saturated rings. The second kappa shape index (κ2) is 7.02. The summed E-state index contributed by atoms with van der Waals surface area (Å²) in [6.07, 6.45) is 11.7. The fourth-order valence-corrected chi connectivity index (χ4v) is 0.391. The first kappa shape index (κ1) is 8.02. The van der Waals surface area contributed by atoms with Crippen LogP contribution in [0.3, 0.4) is 0 Å². The highest BCUT2D eigenvalue weighted by atomic mass is 14.8. The molecule has 0 aliphatic carbocycles. The van der Waals surface area contributed by atoms with Gasteiger partial charge < -0.3 is 5.32 Å². The Kier molecular flexibility index (Phi) is 6.26. The predicted molar refractivity (Wildman–Crippen MR) is 42.2 cm³/mol. The van der Waals surface area contributed by atoms with Gasteiger partial charge in [-0.15, -0.1) is 0 Å². The summed E-state index contributed by atoms with van der Waals surface area (Å²) in [4.78, 5) is 0. The maximum absolute atomic E-state index is 2.89. The summed E-state index contributed by atoms with van der Waals surface area (Å²) in [6, 6.07) is 0. The molecule has 0 heterocycles. The predicted octanol–water partition coefficient (Wildman–Crippen LogP) is 1.85. The molecule has 0 saturated heterocycles. The van der Waals surface area contributed by atoms with E-state index in [1.807, 2.05) is 50.6 Å². The van der Waals surface area contributed by atoms with Crippen LogP contribution >= 0.6 is 0 Å². The van der Waals surface area contributed by atoms with E-state index in [0.29, 0.717) is 0 Å². The van der Waals surface area contributed by atoms with E-state index >= 15 is 0 Å². The van der Waals surface area contributed by atoms with Gasteiger partial charge in [-0.05, 0) is 19.2 Å². The highest BCUT2D eigenvalue weighted by Crippen LogP contribution is 1.76. The van der Waals surface area contributed by atoms with Crippen LogP contribution in [0, 0.1) is 0 Å². The van der Waals surface area contributed by atoms with Gasteiger partial charge >= 0.3 is 0 Å². The third-order valence-corrected chi connectivity index (χ3v) is 0.789. The molecule has 0 spiro atoms. The van der Waals surface area contributed by atoms with Gasteiger partial charge in [0, 0.05) is 7.05 Å². The Labute approximate surface area is 56.8 Å². The van der Waals surface area contributed by atoms with Gasteiger partial charge in [0.15, 0.2) is 0 Å². The lowest BCUT2D eigenvalue weighted by Crippen LogP contribution is -1.89. The van der Waals surface area contributed by atoms with Crippen LogP contribution in [0.4, 0.5) is 0 Å². The van der Waals surface area contributed by atoms with Crippen LogP contribution in [-0.2, 0) is 0 Å². The van der Waals surface area contributed by atoms with Crippen molar-refractivity contribution in [3.05, 3.63) is 36.6 Å². The van der Waals surface area contributed by atoms with Crippen molar-refractivity contribution in [3.63, 3.8) is 0 Å². The second-order valence-corrected chi connectivity index (χ2v) is 1.56. The van der Waals surface area contributed by atoms with E-state index in [0.717, 1.165) is 0 Å². The standard InChI is InChI=1S/C8H13N/c1-3-4-5-6-7-8-9-2/h3-9H,1-2H3/b4-3-,6-5-,8-7+. The Morgan fingerprint density at radius 3 is 2.22 bits per heavy atom. The zero-order chi connectivity index (χ0) is 6.95.